The summed E-state index contributed by atoms with van der Waals surface area (Å²) < 4.78 is 76.1. The maximum absolute atomic E-state index is 12.2. The van der Waals surface area contributed by atoms with E-state index >= 15 is 0 Å². The summed E-state index contributed by atoms with van der Waals surface area (Å²) in [7, 11) is -10.6. The van der Waals surface area contributed by atoms with E-state index in [2.05, 4.69) is 13.1 Å². The first-order valence-electron chi connectivity index (χ1n) is 11.2. The molecular weight excluding hydrogens is 547 g/mol. The van der Waals surface area contributed by atoms with Gasteiger partial charge in [-0.05, 0) is 6.92 Å². The van der Waals surface area contributed by atoms with Gasteiger partial charge in [0.2, 0.25) is 0 Å². The van der Waals surface area contributed by atoms with Gasteiger partial charge in [0.05, 0.1) is 36.4 Å². The van der Waals surface area contributed by atoms with Crippen LogP contribution in [-0.4, -0.2) is 130 Å². The Labute approximate surface area is 210 Å². The smallest absolute Gasteiger partial charge is 0.388 e. The van der Waals surface area contributed by atoms with Gasteiger partial charge in [0, 0.05) is 12.0 Å². The number of fused-ring (bicyclic) bond motifs is 1. The summed E-state index contributed by atoms with van der Waals surface area (Å²) in [5, 5.41) is 19.7. The lowest BCUT2D eigenvalue weighted by molar-refractivity contribution is -0.113. The monoisotopic (exact) mass is 576 g/mol. The van der Waals surface area contributed by atoms with Crippen LogP contribution in [0.5, 0.6) is 0 Å². The molecule has 36 heavy (non-hydrogen) atoms. The molecule has 0 radical (unpaired) electrons. The fourth-order valence-electron chi connectivity index (χ4n) is 4.18. The number of aliphatic hydroxyl groups excluding tert-OH is 2. The Kier molecular flexibility index (Phi) is 10.3. The van der Waals surface area contributed by atoms with Crippen molar-refractivity contribution >= 4 is 60.3 Å². The van der Waals surface area contributed by atoms with Crippen LogP contribution in [0.2, 0.25) is 0 Å². The summed E-state index contributed by atoms with van der Waals surface area (Å²) in [5.41, 5.74) is 0. The zero-order valence-electron chi connectivity index (χ0n) is 20.0. The van der Waals surface area contributed by atoms with Crippen molar-refractivity contribution in [2.45, 2.75) is 61.8 Å². The van der Waals surface area contributed by atoms with Crippen molar-refractivity contribution in [3.63, 3.8) is 0 Å². The summed E-state index contributed by atoms with van der Waals surface area (Å²) >= 11 is 0. The molecule has 12 atom stereocenters. The molecule has 202 valence electrons. The predicted octanol–water partition coefficient (Wildman–Crippen LogP) is -5.02. The van der Waals surface area contributed by atoms with Crippen LogP contribution >= 0.6 is 23.5 Å². The summed E-state index contributed by atoms with van der Waals surface area (Å²) in [6.45, 7) is 0.283. The molecule has 5 N–H and O–H groups in total. The van der Waals surface area contributed by atoms with Gasteiger partial charge < -0.3 is 43.8 Å². The molecule has 24 heteroatoms. The summed E-state index contributed by atoms with van der Waals surface area (Å²) in [4.78, 5) is 29.3. The van der Waals surface area contributed by atoms with Crippen LogP contribution in [0.3, 0.4) is 0 Å². The highest BCUT2D eigenvalue weighted by Crippen LogP contribution is 2.67. The maximum Gasteiger partial charge on any atom is 0.490 e. The predicted molar refractivity (Wildman–Crippen MR) is 131 cm³/mol. The summed E-state index contributed by atoms with van der Waals surface area (Å²) in [6, 6.07) is -1.15. The number of phosphoric acid groups is 3. The number of hydrogen-bond donors (Lipinski definition) is 5. The van der Waals surface area contributed by atoms with Gasteiger partial charge in [-0.2, -0.15) is 8.62 Å². The van der Waals surface area contributed by atoms with Gasteiger partial charge >= 0.3 is 23.5 Å². The molecule has 16 nitrogen and oxygen atoms in total. The fourth-order valence-corrected chi connectivity index (χ4v) is 7.70. The van der Waals surface area contributed by atoms with Crippen LogP contribution in [0.1, 0.15) is 6.92 Å². The second-order valence-electron chi connectivity index (χ2n) is 8.92. The standard InChI is InChI=1S/C12H28B5O16P3/c1-4-28-9-6(31-12(17(14)15)10(9)29-4)3-27-35(22,23)33-36(24,25)32-34(20,21)26-2-5-7(18)8(19)11(16-13)30-5/h4-12,16,18-19H,2-3,13-15H2,1H3,(H,20,21)(H,22,23)(H,24,25)/t4?,5-,6-,7?,8?,9?,10+,11-,12-/m1/s1. The van der Waals surface area contributed by atoms with Gasteiger partial charge in [-0.15, -0.1) is 0 Å². The minimum atomic E-state index is -5.69. The third-order valence-electron chi connectivity index (χ3n) is 5.78. The first-order chi connectivity index (χ1) is 16.5. The molecule has 3 heterocycles. The third kappa shape index (κ3) is 7.79. The molecule has 3 aliphatic heterocycles. The van der Waals surface area contributed by atoms with Crippen LogP contribution in [0.4, 0.5) is 0 Å². The van der Waals surface area contributed by atoms with Crippen molar-refractivity contribution in [2.75, 3.05) is 13.2 Å². The number of phosphoric ester groups is 2. The zero-order valence-corrected chi connectivity index (χ0v) is 22.6. The summed E-state index contributed by atoms with van der Waals surface area (Å²) in [5.74, 6) is 0. The van der Waals surface area contributed by atoms with Gasteiger partial charge in [-0.3, -0.25) is 9.05 Å². The Bertz CT molecular complexity index is 916. The van der Waals surface area contributed by atoms with Gasteiger partial charge in [0.25, 0.3) is 0 Å². The molecule has 0 spiro atoms. The van der Waals surface area contributed by atoms with Crippen LogP contribution < -0.4 is 0 Å². The SMILES string of the molecule is BB[C@@H]1O[C@H](COP(=O)(O)OP(=O)(O)OP(=O)(O)OC[C@H]2O[C@@H](B(B)B)[C@H]3OC(C)OC23)C(O)C1O. The van der Waals surface area contributed by atoms with Gasteiger partial charge in [0.1, 0.15) is 50.3 Å². The minimum absolute atomic E-state index is 0.0187. The van der Waals surface area contributed by atoms with E-state index in [1.807, 2.05) is 15.5 Å². The second kappa shape index (κ2) is 11.9. The highest BCUT2D eigenvalue weighted by molar-refractivity contribution is 7.66. The maximum atomic E-state index is 12.2. The average molecular weight is 575 g/mol. The Morgan fingerprint density at radius 1 is 0.833 bits per heavy atom. The van der Waals surface area contributed by atoms with Crippen LogP contribution in [-0.2, 0) is 50.3 Å². The van der Waals surface area contributed by atoms with Crippen molar-refractivity contribution in [3.05, 3.63) is 0 Å². The largest absolute Gasteiger partial charge is 0.490 e. The lowest BCUT2D eigenvalue weighted by Gasteiger charge is -2.22. The number of rotatable bonds is 12. The van der Waals surface area contributed by atoms with Crippen molar-refractivity contribution in [1.82, 2.24) is 0 Å². The van der Waals surface area contributed by atoms with Crippen LogP contribution in [0.15, 0.2) is 0 Å². The lowest BCUT2D eigenvalue weighted by atomic mass is 9.16. The van der Waals surface area contributed by atoms with Crippen molar-refractivity contribution in [1.29, 1.82) is 0 Å². The van der Waals surface area contributed by atoms with E-state index in [9.17, 15) is 38.6 Å². The molecule has 0 aromatic rings. The number of ether oxygens (including phenoxy) is 4. The average Bonchev–Trinajstić information content (AvgIpc) is 3.35. The molecule has 3 aliphatic rings. The summed E-state index contributed by atoms with van der Waals surface area (Å²) in [6.07, 6.45) is -6.46. The molecule has 0 aromatic heterocycles. The van der Waals surface area contributed by atoms with Gasteiger partial charge in [-0.1, -0.05) is 0 Å². The molecule has 0 bridgehead atoms. The first-order valence-corrected chi connectivity index (χ1v) is 15.7. The molecule has 7 unspecified atom stereocenters. The Balaban J connectivity index is 1.52. The highest BCUT2D eigenvalue weighted by atomic mass is 31.3. The van der Waals surface area contributed by atoms with E-state index in [0.29, 0.717) is 7.17 Å². The fraction of sp³-hybridized carbons (Fsp3) is 1.00. The lowest BCUT2D eigenvalue weighted by Crippen LogP contribution is -2.42. The Hall–Kier alpha value is 0.495. The molecule has 0 aromatic carbocycles. The third-order valence-corrected chi connectivity index (χ3v) is 10.0. The van der Waals surface area contributed by atoms with Crippen LogP contribution in [0.25, 0.3) is 0 Å². The second-order valence-corrected chi connectivity index (χ2v) is 13.5. The van der Waals surface area contributed by atoms with E-state index in [-0.39, 0.29) is 6.49 Å². The van der Waals surface area contributed by atoms with Crippen LogP contribution in [0, 0.1) is 0 Å². The Morgan fingerprint density at radius 3 is 1.86 bits per heavy atom. The van der Waals surface area contributed by atoms with Gasteiger partial charge in [0.15, 0.2) is 6.29 Å². The van der Waals surface area contributed by atoms with Gasteiger partial charge in [-0.25, -0.2) is 13.7 Å². The molecule has 0 saturated carbocycles. The molecule has 3 rings (SSSR count). The number of aliphatic hydroxyl groups is 2. The van der Waals surface area contributed by atoms with E-state index in [0.717, 1.165) is 0 Å². The van der Waals surface area contributed by atoms with E-state index in [1.54, 1.807) is 14.7 Å². The zero-order chi connectivity index (χ0) is 27.1. The molecule has 3 saturated heterocycles. The molecule has 0 amide bonds. The van der Waals surface area contributed by atoms with E-state index < -0.39 is 91.6 Å². The number of hydrogen-bond acceptors (Lipinski definition) is 13. The molecular formula is C12H28B5O16P3. The normalized spacial score (nSPS) is 41.2. The highest BCUT2D eigenvalue weighted by Gasteiger charge is 2.53. The Morgan fingerprint density at radius 2 is 1.36 bits per heavy atom. The molecule has 3 fully saturated rings. The van der Waals surface area contributed by atoms with Crippen molar-refractivity contribution in [2.24, 2.45) is 0 Å². The quantitative estimate of drug-likeness (QED) is 0.108. The van der Waals surface area contributed by atoms with E-state index in [1.165, 1.54) is 0 Å². The minimum Gasteiger partial charge on any atom is -0.388 e. The first kappa shape index (κ1) is 31.0. The molecule has 0 aliphatic carbocycles. The van der Waals surface area contributed by atoms with E-state index in [4.69, 9.17) is 23.5 Å². The topological polar surface area (TPSA) is 226 Å². The van der Waals surface area contributed by atoms with Crippen molar-refractivity contribution < 1.29 is 75.2 Å². The van der Waals surface area contributed by atoms with Crippen molar-refractivity contribution in [3.8, 4) is 0 Å².